The van der Waals surface area contributed by atoms with Crippen LogP contribution >= 0.6 is 0 Å². The summed E-state index contributed by atoms with van der Waals surface area (Å²) >= 11 is 0. The van der Waals surface area contributed by atoms with Gasteiger partial charge in [-0.05, 0) is 23.8 Å². The lowest BCUT2D eigenvalue weighted by molar-refractivity contribution is -0.139. The second-order valence-electron chi connectivity index (χ2n) is 3.86. The molecule has 0 aromatic heterocycles. The molecular formula is C15H16O5. The lowest BCUT2D eigenvalue weighted by Gasteiger charge is -2.05. The standard InChI is InChI=1S/C15H16O5/c1-19-13-8-6-11(4-3-5-15(18)20-2)10-12(13)7-9-14(16)17/h3-4,6-10H,5H2,1-2H3,(H,16,17)/b4-3?,9-7+. The van der Waals surface area contributed by atoms with Gasteiger partial charge in [-0.2, -0.15) is 0 Å². The number of carboxylic acid groups (broad SMARTS) is 1. The Morgan fingerprint density at radius 3 is 2.60 bits per heavy atom. The molecule has 0 radical (unpaired) electrons. The van der Waals surface area contributed by atoms with Crippen LogP contribution < -0.4 is 4.74 Å². The molecule has 0 spiro atoms. The predicted molar refractivity (Wildman–Crippen MR) is 75.3 cm³/mol. The molecule has 1 aromatic carbocycles. The van der Waals surface area contributed by atoms with Gasteiger partial charge in [0.25, 0.3) is 0 Å². The summed E-state index contributed by atoms with van der Waals surface area (Å²) in [5.41, 5.74) is 1.48. The van der Waals surface area contributed by atoms with Gasteiger partial charge in [0, 0.05) is 11.6 Å². The van der Waals surface area contributed by atoms with E-state index in [9.17, 15) is 9.59 Å². The lowest BCUT2D eigenvalue weighted by atomic mass is 10.1. The van der Waals surface area contributed by atoms with Gasteiger partial charge >= 0.3 is 11.9 Å². The van der Waals surface area contributed by atoms with Gasteiger partial charge in [0.05, 0.1) is 20.6 Å². The minimum atomic E-state index is -1.03. The third-order valence-electron chi connectivity index (χ3n) is 2.48. The molecular weight excluding hydrogens is 260 g/mol. The Morgan fingerprint density at radius 2 is 2.00 bits per heavy atom. The summed E-state index contributed by atoms with van der Waals surface area (Å²) in [6.07, 6.45) is 6.12. The minimum Gasteiger partial charge on any atom is -0.496 e. The maximum atomic E-state index is 11.0. The number of ether oxygens (including phenoxy) is 2. The molecule has 0 fully saturated rings. The van der Waals surface area contributed by atoms with Gasteiger partial charge in [-0.3, -0.25) is 4.79 Å². The first-order valence-electron chi connectivity index (χ1n) is 5.89. The van der Waals surface area contributed by atoms with Crippen LogP contribution in [0.1, 0.15) is 17.5 Å². The molecule has 0 saturated carbocycles. The van der Waals surface area contributed by atoms with E-state index in [2.05, 4.69) is 4.74 Å². The molecule has 1 aromatic rings. The van der Waals surface area contributed by atoms with Crippen molar-refractivity contribution in [1.29, 1.82) is 0 Å². The topological polar surface area (TPSA) is 72.8 Å². The van der Waals surface area contributed by atoms with E-state index in [-0.39, 0.29) is 12.4 Å². The summed E-state index contributed by atoms with van der Waals surface area (Å²) in [6.45, 7) is 0. The van der Waals surface area contributed by atoms with Gasteiger partial charge in [-0.25, -0.2) is 4.79 Å². The molecule has 1 rings (SSSR count). The van der Waals surface area contributed by atoms with Crippen molar-refractivity contribution in [2.24, 2.45) is 0 Å². The second-order valence-corrected chi connectivity index (χ2v) is 3.86. The number of esters is 1. The molecule has 0 unspecified atom stereocenters. The van der Waals surface area contributed by atoms with Crippen molar-refractivity contribution in [3.63, 3.8) is 0 Å². The quantitative estimate of drug-likeness (QED) is 0.638. The smallest absolute Gasteiger partial charge is 0.328 e. The van der Waals surface area contributed by atoms with Crippen molar-refractivity contribution in [3.8, 4) is 5.75 Å². The molecule has 0 aliphatic heterocycles. The zero-order valence-corrected chi connectivity index (χ0v) is 11.3. The number of benzene rings is 1. The Hall–Kier alpha value is -2.56. The normalized spacial score (nSPS) is 10.9. The summed E-state index contributed by atoms with van der Waals surface area (Å²) < 4.78 is 9.68. The number of carboxylic acids is 1. The Balaban J connectivity index is 2.91. The molecule has 0 aliphatic rings. The average Bonchev–Trinajstić information content (AvgIpc) is 2.45. The van der Waals surface area contributed by atoms with Crippen molar-refractivity contribution in [3.05, 3.63) is 41.5 Å². The fourth-order valence-electron chi connectivity index (χ4n) is 1.52. The van der Waals surface area contributed by atoms with Gasteiger partial charge in [0.2, 0.25) is 0 Å². The van der Waals surface area contributed by atoms with Gasteiger partial charge in [-0.15, -0.1) is 0 Å². The summed E-state index contributed by atoms with van der Waals surface area (Å²) in [6, 6.07) is 5.32. The number of hydrogen-bond donors (Lipinski definition) is 1. The fraction of sp³-hybridized carbons (Fsp3) is 0.200. The number of carbonyl (C=O) groups is 2. The van der Waals surface area contributed by atoms with Crippen molar-refractivity contribution < 1.29 is 24.2 Å². The van der Waals surface area contributed by atoms with E-state index >= 15 is 0 Å². The molecule has 106 valence electrons. The van der Waals surface area contributed by atoms with Crippen LogP contribution in [0.15, 0.2) is 30.4 Å². The Labute approximate surface area is 117 Å². The van der Waals surface area contributed by atoms with Crippen LogP contribution in [-0.4, -0.2) is 31.3 Å². The third kappa shape index (κ3) is 4.97. The Kier molecular flexibility index (Phi) is 6.03. The fourth-order valence-corrected chi connectivity index (χ4v) is 1.52. The van der Waals surface area contributed by atoms with E-state index in [0.717, 1.165) is 11.6 Å². The van der Waals surface area contributed by atoms with Gasteiger partial charge in [-0.1, -0.05) is 18.2 Å². The molecule has 0 saturated heterocycles. The van der Waals surface area contributed by atoms with Crippen LogP contribution in [0.5, 0.6) is 5.75 Å². The minimum absolute atomic E-state index is 0.183. The number of rotatable bonds is 6. The van der Waals surface area contributed by atoms with E-state index in [1.165, 1.54) is 20.3 Å². The molecule has 0 heterocycles. The molecule has 0 atom stereocenters. The molecule has 0 aliphatic carbocycles. The van der Waals surface area contributed by atoms with Crippen LogP contribution in [0.3, 0.4) is 0 Å². The summed E-state index contributed by atoms with van der Waals surface area (Å²) in [4.78, 5) is 21.5. The van der Waals surface area contributed by atoms with Crippen LogP contribution in [-0.2, 0) is 14.3 Å². The molecule has 0 amide bonds. The zero-order chi connectivity index (χ0) is 15.0. The number of aliphatic carboxylic acids is 1. The molecule has 1 N–H and O–H groups in total. The first-order chi connectivity index (χ1) is 9.56. The van der Waals surface area contributed by atoms with Crippen molar-refractivity contribution in [1.82, 2.24) is 0 Å². The van der Waals surface area contributed by atoms with Crippen LogP contribution in [0.4, 0.5) is 0 Å². The molecule has 5 nitrogen and oxygen atoms in total. The average molecular weight is 276 g/mol. The van der Waals surface area contributed by atoms with Crippen LogP contribution in [0, 0.1) is 0 Å². The van der Waals surface area contributed by atoms with Crippen molar-refractivity contribution in [2.75, 3.05) is 14.2 Å². The van der Waals surface area contributed by atoms with Crippen molar-refractivity contribution in [2.45, 2.75) is 6.42 Å². The summed E-state index contributed by atoms with van der Waals surface area (Å²) in [5.74, 6) is -0.771. The van der Waals surface area contributed by atoms with E-state index in [1.807, 2.05) is 6.07 Å². The number of methoxy groups -OCH3 is 2. The lowest BCUT2D eigenvalue weighted by Crippen LogP contribution is -1.96. The monoisotopic (exact) mass is 276 g/mol. The second kappa shape index (κ2) is 7.78. The number of carbonyl (C=O) groups excluding carboxylic acids is 1. The molecule has 0 bridgehead atoms. The first-order valence-corrected chi connectivity index (χ1v) is 5.89. The largest absolute Gasteiger partial charge is 0.496 e. The number of hydrogen-bond acceptors (Lipinski definition) is 4. The highest BCUT2D eigenvalue weighted by molar-refractivity contribution is 5.86. The zero-order valence-electron chi connectivity index (χ0n) is 11.3. The highest BCUT2D eigenvalue weighted by atomic mass is 16.5. The maximum Gasteiger partial charge on any atom is 0.328 e. The van der Waals surface area contributed by atoms with E-state index in [4.69, 9.17) is 9.84 Å². The van der Waals surface area contributed by atoms with Gasteiger partial charge in [0.15, 0.2) is 0 Å². The van der Waals surface area contributed by atoms with E-state index < -0.39 is 5.97 Å². The van der Waals surface area contributed by atoms with Gasteiger partial charge in [0.1, 0.15) is 5.75 Å². The Bertz CT molecular complexity index is 543. The highest BCUT2D eigenvalue weighted by Crippen LogP contribution is 2.22. The summed E-state index contributed by atoms with van der Waals surface area (Å²) in [5, 5.41) is 8.64. The van der Waals surface area contributed by atoms with E-state index in [1.54, 1.807) is 24.3 Å². The summed E-state index contributed by atoms with van der Waals surface area (Å²) in [7, 11) is 2.85. The maximum absolute atomic E-state index is 11.0. The molecule has 5 heteroatoms. The SMILES string of the molecule is COC(=O)CC=Cc1ccc(OC)c(/C=C/C(=O)O)c1. The van der Waals surface area contributed by atoms with E-state index in [0.29, 0.717) is 11.3 Å². The Morgan fingerprint density at radius 1 is 1.25 bits per heavy atom. The predicted octanol–water partition coefficient (Wildman–Crippen LogP) is 2.37. The van der Waals surface area contributed by atoms with Crippen molar-refractivity contribution >= 4 is 24.1 Å². The highest BCUT2D eigenvalue weighted by Gasteiger charge is 2.01. The first kappa shape index (κ1) is 15.5. The molecule has 20 heavy (non-hydrogen) atoms. The van der Waals surface area contributed by atoms with Gasteiger partial charge < -0.3 is 14.6 Å². The van der Waals surface area contributed by atoms with Crippen LogP contribution in [0.25, 0.3) is 12.2 Å². The third-order valence-corrected chi connectivity index (χ3v) is 2.48. The van der Waals surface area contributed by atoms with Crippen LogP contribution in [0.2, 0.25) is 0 Å².